The number of nitrogens with one attached hydrogen (secondary N) is 2. The maximum atomic E-state index is 12.7. The highest BCUT2D eigenvalue weighted by atomic mass is 127. The van der Waals surface area contributed by atoms with Crippen molar-refractivity contribution in [3.63, 3.8) is 0 Å². The molecule has 0 aliphatic heterocycles. The minimum absolute atomic E-state index is 0. The average Bonchev–Trinajstić information content (AvgIpc) is 3.23. The van der Waals surface area contributed by atoms with Crippen LogP contribution < -0.4 is 10.6 Å². The Morgan fingerprint density at radius 3 is 2.44 bits per heavy atom. The van der Waals surface area contributed by atoms with Gasteiger partial charge in [0.2, 0.25) is 5.91 Å². The van der Waals surface area contributed by atoms with E-state index in [-0.39, 0.29) is 35.3 Å². The maximum Gasteiger partial charge on any atom is 0.230 e. The second kappa shape index (κ2) is 9.58. The van der Waals surface area contributed by atoms with E-state index in [0.29, 0.717) is 18.5 Å². The molecule has 0 heterocycles. The van der Waals surface area contributed by atoms with Crippen LogP contribution in [0.15, 0.2) is 33.7 Å². The summed E-state index contributed by atoms with van der Waals surface area (Å²) in [7, 11) is 5.49. The molecule has 0 radical (unpaired) electrons. The van der Waals surface area contributed by atoms with E-state index >= 15 is 0 Å². The van der Waals surface area contributed by atoms with E-state index in [9.17, 15) is 4.79 Å². The summed E-state index contributed by atoms with van der Waals surface area (Å²) in [5.74, 6) is 1.56. The fourth-order valence-electron chi connectivity index (χ4n) is 4.05. The van der Waals surface area contributed by atoms with Gasteiger partial charge in [-0.15, -0.1) is 24.0 Å². The van der Waals surface area contributed by atoms with Gasteiger partial charge in [0.25, 0.3) is 0 Å². The first kappa shape index (κ1) is 22.5. The summed E-state index contributed by atoms with van der Waals surface area (Å²) in [6, 6.07) is 8.95. The SMILES string of the molecule is CN=C(NCC1(C(=O)N(C)C)CCCC1)NC1CC1c1ccc(Br)cc1.I. The van der Waals surface area contributed by atoms with Crippen LogP contribution in [-0.2, 0) is 4.79 Å². The minimum atomic E-state index is -0.282. The number of hydrogen-bond donors (Lipinski definition) is 2. The predicted molar refractivity (Wildman–Crippen MR) is 125 cm³/mol. The topological polar surface area (TPSA) is 56.7 Å². The number of halogens is 2. The van der Waals surface area contributed by atoms with Crippen molar-refractivity contribution < 1.29 is 4.79 Å². The zero-order chi connectivity index (χ0) is 18.7. The largest absolute Gasteiger partial charge is 0.355 e. The molecule has 2 atom stereocenters. The number of guanidine groups is 1. The van der Waals surface area contributed by atoms with Crippen LogP contribution in [0.3, 0.4) is 0 Å². The molecule has 5 nitrogen and oxygen atoms in total. The second-order valence-corrected chi connectivity index (χ2v) is 8.67. The van der Waals surface area contributed by atoms with Gasteiger partial charge < -0.3 is 15.5 Å². The molecule has 1 aromatic rings. The van der Waals surface area contributed by atoms with E-state index < -0.39 is 0 Å². The highest BCUT2D eigenvalue weighted by Gasteiger charge is 2.43. The van der Waals surface area contributed by atoms with Gasteiger partial charge in [0, 0.05) is 44.1 Å². The fraction of sp³-hybridized carbons (Fsp3) is 0.600. The summed E-state index contributed by atoms with van der Waals surface area (Å²) in [4.78, 5) is 18.8. The highest BCUT2D eigenvalue weighted by Crippen LogP contribution is 2.41. The molecule has 2 aliphatic rings. The lowest BCUT2D eigenvalue weighted by Gasteiger charge is -2.31. The number of carbonyl (C=O) groups excluding carboxylic acids is 1. The van der Waals surface area contributed by atoms with Crippen molar-refractivity contribution in [1.29, 1.82) is 0 Å². The van der Waals surface area contributed by atoms with E-state index in [2.05, 4.69) is 55.8 Å². The lowest BCUT2D eigenvalue weighted by atomic mass is 9.84. The molecule has 2 saturated carbocycles. The van der Waals surface area contributed by atoms with Gasteiger partial charge in [-0.3, -0.25) is 9.79 Å². The predicted octanol–water partition coefficient (Wildman–Crippen LogP) is 3.74. The molecular formula is C20H30BrIN4O. The quantitative estimate of drug-likeness (QED) is 0.335. The monoisotopic (exact) mass is 548 g/mol. The zero-order valence-electron chi connectivity index (χ0n) is 16.3. The molecule has 0 spiro atoms. The summed E-state index contributed by atoms with van der Waals surface area (Å²) >= 11 is 3.49. The Kier molecular flexibility index (Phi) is 7.97. The number of rotatable bonds is 5. The lowest BCUT2D eigenvalue weighted by molar-refractivity contribution is -0.138. The lowest BCUT2D eigenvalue weighted by Crippen LogP contribution is -2.49. The Morgan fingerprint density at radius 1 is 1.26 bits per heavy atom. The van der Waals surface area contributed by atoms with Crippen molar-refractivity contribution in [2.24, 2.45) is 10.4 Å². The third kappa shape index (κ3) is 5.37. The van der Waals surface area contributed by atoms with E-state index in [1.54, 1.807) is 11.9 Å². The summed E-state index contributed by atoms with van der Waals surface area (Å²) in [6.07, 6.45) is 5.28. The molecule has 0 aromatic heterocycles. The second-order valence-electron chi connectivity index (χ2n) is 7.76. The Balaban J connectivity index is 0.00000261. The molecule has 3 rings (SSSR count). The van der Waals surface area contributed by atoms with Crippen LogP contribution in [0.2, 0.25) is 0 Å². The standard InChI is InChI=1S/C20H29BrN4O.HI/c1-22-19(23-13-20(10-4-5-11-20)18(26)25(2)3)24-17-12-16(17)14-6-8-15(21)9-7-14;/h6-9,16-17H,4-5,10-13H2,1-3H3,(H2,22,23,24);1H. The van der Waals surface area contributed by atoms with Gasteiger partial charge in [0.05, 0.1) is 5.41 Å². The molecule has 1 aromatic carbocycles. The first-order valence-corrected chi connectivity index (χ1v) is 10.2. The fourth-order valence-corrected chi connectivity index (χ4v) is 4.31. The molecule has 2 aliphatic carbocycles. The average molecular weight is 549 g/mol. The Bertz CT molecular complexity index is 671. The molecule has 1 amide bonds. The Hall–Kier alpha value is -0.830. The van der Waals surface area contributed by atoms with Crippen LogP contribution >= 0.6 is 39.9 Å². The summed E-state index contributed by atoms with van der Waals surface area (Å²) in [6.45, 7) is 0.652. The van der Waals surface area contributed by atoms with Gasteiger partial charge in [-0.2, -0.15) is 0 Å². The van der Waals surface area contributed by atoms with E-state index in [4.69, 9.17) is 0 Å². The van der Waals surface area contributed by atoms with Crippen molar-refractivity contribution in [2.75, 3.05) is 27.7 Å². The molecule has 7 heteroatoms. The molecular weight excluding hydrogens is 519 g/mol. The van der Waals surface area contributed by atoms with Crippen molar-refractivity contribution in [1.82, 2.24) is 15.5 Å². The zero-order valence-corrected chi connectivity index (χ0v) is 20.2. The van der Waals surface area contributed by atoms with Crippen LogP contribution in [0.5, 0.6) is 0 Å². The van der Waals surface area contributed by atoms with Crippen molar-refractivity contribution in [2.45, 2.75) is 44.1 Å². The number of hydrogen-bond acceptors (Lipinski definition) is 2. The molecule has 150 valence electrons. The molecule has 2 fully saturated rings. The van der Waals surface area contributed by atoms with Crippen LogP contribution in [-0.4, -0.2) is 50.5 Å². The van der Waals surface area contributed by atoms with Gasteiger partial charge >= 0.3 is 0 Å². The normalized spacial score (nSPS) is 23.3. The van der Waals surface area contributed by atoms with Gasteiger partial charge in [0.1, 0.15) is 0 Å². The molecule has 0 bridgehead atoms. The summed E-state index contributed by atoms with van der Waals surface area (Å²) in [5.41, 5.74) is 1.08. The van der Waals surface area contributed by atoms with Gasteiger partial charge in [-0.1, -0.05) is 40.9 Å². The number of amides is 1. The van der Waals surface area contributed by atoms with Crippen molar-refractivity contribution in [3.8, 4) is 0 Å². The van der Waals surface area contributed by atoms with Crippen molar-refractivity contribution >= 4 is 51.8 Å². The first-order chi connectivity index (χ1) is 12.4. The Labute approximate surface area is 187 Å². The molecule has 2 N–H and O–H groups in total. The number of aliphatic imine (C=N–C) groups is 1. The van der Waals surface area contributed by atoms with Gasteiger partial charge in [-0.05, 0) is 37.0 Å². The molecule has 27 heavy (non-hydrogen) atoms. The van der Waals surface area contributed by atoms with Gasteiger partial charge in [0.15, 0.2) is 5.96 Å². The maximum absolute atomic E-state index is 12.7. The molecule has 0 saturated heterocycles. The first-order valence-electron chi connectivity index (χ1n) is 9.39. The van der Waals surface area contributed by atoms with Crippen LogP contribution in [0, 0.1) is 5.41 Å². The van der Waals surface area contributed by atoms with E-state index in [1.165, 1.54) is 5.56 Å². The number of nitrogens with zero attached hydrogens (tertiary/aromatic N) is 2. The Morgan fingerprint density at radius 2 is 1.89 bits per heavy atom. The van der Waals surface area contributed by atoms with Crippen LogP contribution in [0.1, 0.15) is 43.6 Å². The third-order valence-electron chi connectivity index (χ3n) is 5.65. The van der Waals surface area contributed by atoms with E-state index in [0.717, 1.165) is 42.5 Å². The highest BCUT2D eigenvalue weighted by molar-refractivity contribution is 14.0. The minimum Gasteiger partial charge on any atom is -0.355 e. The summed E-state index contributed by atoms with van der Waals surface area (Å²) < 4.78 is 1.11. The van der Waals surface area contributed by atoms with Gasteiger partial charge in [-0.25, -0.2) is 0 Å². The third-order valence-corrected chi connectivity index (χ3v) is 6.18. The van der Waals surface area contributed by atoms with Crippen molar-refractivity contribution in [3.05, 3.63) is 34.3 Å². The smallest absolute Gasteiger partial charge is 0.230 e. The van der Waals surface area contributed by atoms with Crippen LogP contribution in [0.4, 0.5) is 0 Å². The van der Waals surface area contributed by atoms with E-state index in [1.807, 2.05) is 14.1 Å². The summed E-state index contributed by atoms with van der Waals surface area (Å²) in [5, 5.41) is 6.94. The molecule has 2 unspecified atom stereocenters. The number of benzene rings is 1. The number of carbonyl (C=O) groups is 1. The van der Waals surface area contributed by atoms with Crippen LogP contribution in [0.25, 0.3) is 0 Å².